The van der Waals surface area contributed by atoms with Gasteiger partial charge in [-0.25, -0.2) is 0 Å². The van der Waals surface area contributed by atoms with Crippen LogP contribution in [-0.4, -0.2) is 8.32 Å². The monoisotopic (exact) mass is 306 g/mol. The smallest absolute Gasteiger partial charge is 0.250 e. The highest BCUT2D eigenvalue weighted by Gasteiger charge is 2.38. The number of hydrogen-bond donors (Lipinski definition) is 0. The van der Waals surface area contributed by atoms with Gasteiger partial charge in [0, 0.05) is 5.75 Å². The highest BCUT2D eigenvalue weighted by molar-refractivity contribution is 8.01. The molecule has 0 N–H and O–H groups in total. The zero-order chi connectivity index (χ0) is 15.2. The second-order valence-electron chi connectivity index (χ2n) is 6.43. The fourth-order valence-corrected chi connectivity index (χ4v) is 3.12. The molecule has 3 heteroatoms. The molecular formula is C17H26OSSi. The summed E-state index contributed by atoms with van der Waals surface area (Å²) in [5.41, 5.74) is 1.33. The Morgan fingerprint density at radius 2 is 1.85 bits per heavy atom. The lowest BCUT2D eigenvalue weighted by Gasteiger charge is -2.36. The maximum Gasteiger partial charge on any atom is 0.250 e. The van der Waals surface area contributed by atoms with Crippen molar-refractivity contribution in [1.82, 2.24) is 0 Å². The molecule has 0 saturated heterocycles. The molecule has 1 aromatic rings. The lowest BCUT2D eigenvalue weighted by Crippen LogP contribution is -2.40. The molecule has 0 fully saturated rings. The topological polar surface area (TPSA) is 9.23 Å². The third-order valence-corrected chi connectivity index (χ3v) is 8.85. The van der Waals surface area contributed by atoms with Crippen LogP contribution < -0.4 is 0 Å². The van der Waals surface area contributed by atoms with Gasteiger partial charge in [0.05, 0.1) is 5.76 Å². The van der Waals surface area contributed by atoms with E-state index in [0.29, 0.717) is 0 Å². The SMILES string of the molecule is C=C(/C=C/SCc1ccccc1)O[Si](C)(C)C(C)(C)C. The molecule has 20 heavy (non-hydrogen) atoms. The summed E-state index contributed by atoms with van der Waals surface area (Å²) < 4.78 is 6.10. The summed E-state index contributed by atoms with van der Waals surface area (Å²) >= 11 is 1.76. The highest BCUT2D eigenvalue weighted by atomic mass is 32.2. The van der Waals surface area contributed by atoms with E-state index in [0.717, 1.165) is 11.5 Å². The van der Waals surface area contributed by atoms with Crippen LogP contribution in [0.2, 0.25) is 18.1 Å². The second-order valence-corrected chi connectivity index (χ2v) is 12.0. The fourth-order valence-electron chi connectivity index (χ4n) is 1.36. The first-order valence-corrected chi connectivity index (χ1v) is 10.9. The van der Waals surface area contributed by atoms with Crippen LogP contribution in [0.25, 0.3) is 0 Å². The first-order chi connectivity index (χ1) is 9.22. The molecule has 0 bridgehead atoms. The summed E-state index contributed by atoms with van der Waals surface area (Å²) in [5, 5.41) is 2.28. The number of thioether (sulfide) groups is 1. The summed E-state index contributed by atoms with van der Waals surface area (Å²) in [6, 6.07) is 10.5. The van der Waals surface area contributed by atoms with E-state index in [9.17, 15) is 0 Å². The molecule has 0 aliphatic heterocycles. The second kappa shape index (κ2) is 7.18. The van der Waals surface area contributed by atoms with Gasteiger partial charge >= 0.3 is 0 Å². The van der Waals surface area contributed by atoms with E-state index in [2.05, 4.69) is 70.1 Å². The van der Waals surface area contributed by atoms with E-state index < -0.39 is 8.32 Å². The normalized spacial score (nSPS) is 12.7. The largest absolute Gasteiger partial charge is 0.544 e. The fraction of sp³-hybridized carbons (Fsp3) is 0.412. The van der Waals surface area contributed by atoms with E-state index in [1.807, 2.05) is 12.1 Å². The molecule has 1 aromatic carbocycles. The van der Waals surface area contributed by atoms with Gasteiger partial charge in [-0.15, -0.1) is 11.8 Å². The van der Waals surface area contributed by atoms with Gasteiger partial charge in [-0.3, -0.25) is 0 Å². The van der Waals surface area contributed by atoms with Crippen molar-refractivity contribution in [3.63, 3.8) is 0 Å². The van der Waals surface area contributed by atoms with Gasteiger partial charge in [-0.1, -0.05) is 57.7 Å². The molecule has 0 heterocycles. The molecule has 0 aromatic heterocycles. The van der Waals surface area contributed by atoms with Crippen molar-refractivity contribution in [1.29, 1.82) is 0 Å². The first kappa shape index (κ1) is 17.1. The van der Waals surface area contributed by atoms with Crippen molar-refractivity contribution in [3.05, 3.63) is 59.7 Å². The number of benzene rings is 1. The Kier molecular flexibility index (Phi) is 6.15. The van der Waals surface area contributed by atoms with Crippen LogP contribution in [0.3, 0.4) is 0 Å². The van der Waals surface area contributed by atoms with Gasteiger partial charge in [0.25, 0.3) is 0 Å². The molecule has 0 spiro atoms. The van der Waals surface area contributed by atoms with Crippen LogP contribution in [-0.2, 0) is 10.2 Å². The Bertz CT molecular complexity index is 458. The third kappa shape index (κ3) is 5.59. The van der Waals surface area contributed by atoms with E-state index in [1.54, 1.807) is 11.8 Å². The van der Waals surface area contributed by atoms with Crippen molar-refractivity contribution in [2.24, 2.45) is 0 Å². The molecule has 0 atom stereocenters. The Labute approximate surface area is 129 Å². The average Bonchev–Trinajstić information content (AvgIpc) is 2.34. The Hall–Kier alpha value is -0.933. The lowest BCUT2D eigenvalue weighted by atomic mass is 10.2. The Morgan fingerprint density at radius 3 is 2.40 bits per heavy atom. The van der Waals surface area contributed by atoms with Crippen LogP contribution in [0.4, 0.5) is 0 Å². The van der Waals surface area contributed by atoms with Crippen LogP contribution >= 0.6 is 11.8 Å². The van der Waals surface area contributed by atoms with Gasteiger partial charge in [0.2, 0.25) is 8.32 Å². The molecular weight excluding hydrogens is 280 g/mol. The first-order valence-electron chi connectivity index (χ1n) is 6.92. The summed E-state index contributed by atoms with van der Waals surface area (Å²) in [4.78, 5) is 0. The Morgan fingerprint density at radius 1 is 1.25 bits per heavy atom. The molecule has 0 saturated carbocycles. The minimum absolute atomic E-state index is 0.209. The van der Waals surface area contributed by atoms with Crippen molar-refractivity contribution >= 4 is 20.1 Å². The van der Waals surface area contributed by atoms with Crippen molar-refractivity contribution in [2.75, 3.05) is 0 Å². The quantitative estimate of drug-likeness (QED) is 0.364. The molecule has 1 nitrogen and oxygen atoms in total. The van der Waals surface area contributed by atoms with E-state index in [-0.39, 0.29) is 5.04 Å². The average molecular weight is 307 g/mol. The van der Waals surface area contributed by atoms with Crippen LogP contribution in [0, 0.1) is 0 Å². The predicted molar refractivity (Wildman–Crippen MR) is 94.3 cm³/mol. The number of allylic oxidation sites excluding steroid dienone is 1. The zero-order valence-electron chi connectivity index (χ0n) is 13.3. The van der Waals surface area contributed by atoms with Gasteiger partial charge in [0.1, 0.15) is 0 Å². The van der Waals surface area contributed by atoms with E-state index in [4.69, 9.17) is 4.43 Å². The van der Waals surface area contributed by atoms with Crippen LogP contribution in [0.1, 0.15) is 26.3 Å². The van der Waals surface area contributed by atoms with Crippen LogP contribution in [0.5, 0.6) is 0 Å². The van der Waals surface area contributed by atoms with Gasteiger partial charge in [0.15, 0.2) is 0 Å². The lowest BCUT2D eigenvalue weighted by molar-refractivity contribution is 0.402. The number of rotatable bonds is 6. The molecule has 110 valence electrons. The van der Waals surface area contributed by atoms with Crippen molar-refractivity contribution in [3.8, 4) is 0 Å². The van der Waals surface area contributed by atoms with Crippen molar-refractivity contribution in [2.45, 2.75) is 44.7 Å². The molecule has 1 rings (SSSR count). The van der Waals surface area contributed by atoms with E-state index >= 15 is 0 Å². The van der Waals surface area contributed by atoms with Gasteiger partial charge < -0.3 is 4.43 Å². The molecule has 0 aliphatic carbocycles. The van der Waals surface area contributed by atoms with E-state index in [1.165, 1.54) is 5.56 Å². The van der Waals surface area contributed by atoms with Crippen LogP contribution in [0.15, 0.2) is 54.2 Å². The predicted octanol–water partition coefficient (Wildman–Crippen LogP) is 5.97. The summed E-state index contributed by atoms with van der Waals surface area (Å²) in [6.45, 7) is 15.2. The minimum atomic E-state index is -1.75. The molecule has 0 radical (unpaired) electrons. The molecule has 0 aliphatic rings. The molecule has 0 unspecified atom stereocenters. The maximum atomic E-state index is 6.10. The summed E-state index contributed by atoms with van der Waals surface area (Å²) in [5.74, 6) is 1.75. The minimum Gasteiger partial charge on any atom is -0.544 e. The maximum absolute atomic E-state index is 6.10. The van der Waals surface area contributed by atoms with Gasteiger partial charge in [-0.05, 0) is 35.2 Å². The highest BCUT2D eigenvalue weighted by Crippen LogP contribution is 2.37. The molecule has 0 amide bonds. The number of hydrogen-bond acceptors (Lipinski definition) is 2. The third-order valence-electron chi connectivity index (χ3n) is 3.64. The summed E-state index contributed by atoms with van der Waals surface area (Å²) in [7, 11) is -1.75. The zero-order valence-corrected chi connectivity index (χ0v) is 15.1. The Balaban J connectivity index is 2.41. The summed E-state index contributed by atoms with van der Waals surface area (Å²) in [6.07, 6.45) is 1.98. The standard InChI is InChI=1S/C17H26OSSi/c1-15(18-20(5,6)17(2,3)4)12-13-19-14-16-10-8-7-9-11-16/h7-13H,1,14H2,2-6H3/b13-12+. The van der Waals surface area contributed by atoms with Gasteiger partial charge in [-0.2, -0.15) is 0 Å². The van der Waals surface area contributed by atoms with Crippen molar-refractivity contribution < 1.29 is 4.43 Å².